The van der Waals surface area contributed by atoms with E-state index in [1.807, 2.05) is 30.5 Å². The van der Waals surface area contributed by atoms with Crippen molar-refractivity contribution in [3.63, 3.8) is 0 Å². The van der Waals surface area contributed by atoms with E-state index in [0.29, 0.717) is 12.6 Å². The van der Waals surface area contributed by atoms with Crippen LogP contribution in [0, 0.1) is 5.92 Å². The summed E-state index contributed by atoms with van der Waals surface area (Å²) in [5.41, 5.74) is 5.77. The monoisotopic (exact) mass is 329 g/mol. The van der Waals surface area contributed by atoms with E-state index >= 15 is 0 Å². The highest BCUT2D eigenvalue weighted by molar-refractivity contribution is 6.17. The molecule has 4 heteroatoms. The normalized spacial score (nSPS) is 21.1. The molecule has 0 N–H and O–H groups in total. The van der Waals surface area contributed by atoms with Gasteiger partial charge in [-0.15, -0.1) is 0 Å². The smallest absolute Gasteiger partial charge is 0.155 e. The molecule has 2 heterocycles. The fourth-order valence-electron chi connectivity index (χ4n) is 3.59. The van der Waals surface area contributed by atoms with Crippen LogP contribution in [0.5, 0.6) is 5.75 Å². The summed E-state index contributed by atoms with van der Waals surface area (Å²) >= 11 is 0. The summed E-state index contributed by atoms with van der Waals surface area (Å²) in [6, 6.07) is 14.9. The molecule has 0 aromatic heterocycles. The number of fused-ring (bicyclic) bond motifs is 1. The minimum absolute atomic E-state index is 0.387. The molecule has 2 aliphatic heterocycles. The quantitative estimate of drug-likeness (QED) is 0.841. The maximum absolute atomic E-state index is 5.29. The Hall–Kier alpha value is -2.75. The highest BCUT2D eigenvalue weighted by Crippen LogP contribution is 2.46. The molecule has 1 fully saturated rings. The maximum Gasteiger partial charge on any atom is 0.155 e. The molecule has 1 unspecified atom stereocenters. The SMILES string of the molecule is COc1cccc(C2=NCC(c3ccc4c(c3)C=NC4C3CC3)=N2)c1. The Bertz CT molecular complexity index is 938. The van der Waals surface area contributed by atoms with Crippen molar-refractivity contribution in [2.24, 2.45) is 20.9 Å². The molecular formula is C21H19N3O. The standard InChI is InChI=1S/C21H19N3O/c1-25-17-4-2-3-15(10-17)21-23-12-19(24-21)14-7-8-18-16(9-14)11-22-20(18)13-5-6-13/h2-4,7-11,13,20H,5-6,12H2,1H3. The van der Waals surface area contributed by atoms with Crippen molar-refractivity contribution in [3.8, 4) is 5.75 Å². The molecule has 3 aliphatic rings. The van der Waals surface area contributed by atoms with Crippen molar-refractivity contribution in [2.75, 3.05) is 13.7 Å². The van der Waals surface area contributed by atoms with E-state index in [9.17, 15) is 0 Å². The van der Waals surface area contributed by atoms with E-state index in [1.54, 1.807) is 7.11 Å². The molecule has 25 heavy (non-hydrogen) atoms. The second-order valence-electron chi connectivity index (χ2n) is 6.83. The molecular weight excluding hydrogens is 310 g/mol. The van der Waals surface area contributed by atoms with Crippen LogP contribution in [0.2, 0.25) is 0 Å². The third kappa shape index (κ3) is 2.58. The molecule has 0 spiro atoms. The Morgan fingerprint density at radius 3 is 2.80 bits per heavy atom. The van der Waals surface area contributed by atoms with Gasteiger partial charge in [-0.3, -0.25) is 9.98 Å². The predicted molar refractivity (Wildman–Crippen MR) is 100 cm³/mol. The average Bonchev–Trinajstić information content (AvgIpc) is 3.22. The van der Waals surface area contributed by atoms with Gasteiger partial charge in [-0.25, -0.2) is 4.99 Å². The van der Waals surface area contributed by atoms with Gasteiger partial charge in [0.25, 0.3) is 0 Å². The number of hydrogen-bond donors (Lipinski definition) is 0. The molecule has 0 bridgehead atoms. The van der Waals surface area contributed by atoms with Gasteiger partial charge in [0, 0.05) is 11.8 Å². The van der Waals surface area contributed by atoms with Crippen molar-refractivity contribution < 1.29 is 4.74 Å². The van der Waals surface area contributed by atoms with Crippen LogP contribution >= 0.6 is 0 Å². The summed E-state index contributed by atoms with van der Waals surface area (Å²) in [7, 11) is 1.67. The first-order valence-corrected chi connectivity index (χ1v) is 8.76. The fraction of sp³-hybridized carbons (Fsp3) is 0.286. The number of ether oxygens (including phenoxy) is 1. The minimum atomic E-state index is 0.387. The lowest BCUT2D eigenvalue weighted by Crippen LogP contribution is -2.04. The van der Waals surface area contributed by atoms with Crippen LogP contribution in [0.4, 0.5) is 0 Å². The van der Waals surface area contributed by atoms with Crippen LogP contribution in [-0.4, -0.2) is 31.4 Å². The van der Waals surface area contributed by atoms with Crippen molar-refractivity contribution in [2.45, 2.75) is 18.9 Å². The van der Waals surface area contributed by atoms with Gasteiger partial charge < -0.3 is 4.74 Å². The van der Waals surface area contributed by atoms with E-state index in [2.05, 4.69) is 23.2 Å². The zero-order valence-electron chi connectivity index (χ0n) is 14.1. The lowest BCUT2D eigenvalue weighted by Gasteiger charge is -2.09. The number of rotatable bonds is 4. The van der Waals surface area contributed by atoms with E-state index in [4.69, 9.17) is 14.7 Å². The van der Waals surface area contributed by atoms with Gasteiger partial charge in [0.1, 0.15) is 5.75 Å². The zero-order chi connectivity index (χ0) is 16.8. The van der Waals surface area contributed by atoms with Gasteiger partial charge in [-0.05, 0) is 53.6 Å². The largest absolute Gasteiger partial charge is 0.497 e. The molecule has 1 aliphatic carbocycles. The molecule has 0 amide bonds. The van der Waals surface area contributed by atoms with Gasteiger partial charge in [0.2, 0.25) is 0 Å². The predicted octanol–water partition coefficient (Wildman–Crippen LogP) is 3.83. The first-order chi connectivity index (χ1) is 12.3. The second kappa shape index (κ2) is 5.66. The topological polar surface area (TPSA) is 46.3 Å². The van der Waals surface area contributed by atoms with Crippen molar-refractivity contribution in [3.05, 3.63) is 64.7 Å². The number of aliphatic imine (C=N–C) groups is 3. The highest BCUT2D eigenvalue weighted by atomic mass is 16.5. The maximum atomic E-state index is 5.29. The molecule has 1 atom stereocenters. The minimum Gasteiger partial charge on any atom is -0.497 e. The lowest BCUT2D eigenvalue weighted by molar-refractivity contribution is 0.414. The summed E-state index contributed by atoms with van der Waals surface area (Å²) in [5, 5.41) is 0. The third-order valence-electron chi connectivity index (χ3n) is 5.13. The van der Waals surface area contributed by atoms with E-state index in [-0.39, 0.29) is 0 Å². The van der Waals surface area contributed by atoms with Gasteiger partial charge in [-0.1, -0.05) is 24.3 Å². The number of hydrogen-bond acceptors (Lipinski definition) is 4. The molecule has 2 aromatic rings. The average molecular weight is 329 g/mol. The molecule has 4 nitrogen and oxygen atoms in total. The molecule has 0 radical (unpaired) electrons. The van der Waals surface area contributed by atoms with Gasteiger partial charge in [-0.2, -0.15) is 0 Å². The van der Waals surface area contributed by atoms with Crippen LogP contribution in [0.25, 0.3) is 0 Å². The van der Waals surface area contributed by atoms with Crippen molar-refractivity contribution in [1.82, 2.24) is 0 Å². The summed E-state index contributed by atoms with van der Waals surface area (Å²) < 4.78 is 5.29. The fourth-order valence-corrected chi connectivity index (χ4v) is 3.59. The van der Waals surface area contributed by atoms with Gasteiger partial charge >= 0.3 is 0 Å². The van der Waals surface area contributed by atoms with E-state index < -0.39 is 0 Å². The van der Waals surface area contributed by atoms with Crippen LogP contribution in [0.1, 0.15) is 41.1 Å². The number of benzene rings is 2. The number of nitrogens with zero attached hydrogens (tertiary/aromatic N) is 3. The Labute approximate surface area is 147 Å². The van der Waals surface area contributed by atoms with Crippen LogP contribution < -0.4 is 4.74 Å². The zero-order valence-corrected chi connectivity index (χ0v) is 14.1. The summed E-state index contributed by atoms with van der Waals surface area (Å²) in [6.07, 6.45) is 4.66. The molecule has 1 saturated carbocycles. The van der Waals surface area contributed by atoms with E-state index in [0.717, 1.165) is 34.3 Å². The van der Waals surface area contributed by atoms with Crippen molar-refractivity contribution in [1.29, 1.82) is 0 Å². The third-order valence-corrected chi connectivity index (χ3v) is 5.13. The van der Waals surface area contributed by atoms with Crippen molar-refractivity contribution >= 4 is 17.8 Å². The Morgan fingerprint density at radius 1 is 1.04 bits per heavy atom. The summed E-state index contributed by atoms with van der Waals surface area (Å²) in [5.74, 6) is 2.36. The first-order valence-electron chi connectivity index (χ1n) is 8.76. The second-order valence-corrected chi connectivity index (χ2v) is 6.83. The van der Waals surface area contributed by atoms with Gasteiger partial charge in [0.15, 0.2) is 5.84 Å². The van der Waals surface area contributed by atoms with Crippen LogP contribution in [0.15, 0.2) is 57.4 Å². The van der Waals surface area contributed by atoms with Crippen LogP contribution in [0.3, 0.4) is 0 Å². The first kappa shape index (κ1) is 14.6. The molecule has 0 saturated heterocycles. The lowest BCUT2D eigenvalue weighted by atomic mass is 9.97. The van der Waals surface area contributed by atoms with Crippen LogP contribution in [-0.2, 0) is 0 Å². The Kier molecular flexibility index (Phi) is 3.30. The molecule has 2 aromatic carbocycles. The van der Waals surface area contributed by atoms with E-state index in [1.165, 1.54) is 24.0 Å². The summed E-state index contributed by atoms with van der Waals surface area (Å²) in [6.45, 7) is 0.620. The summed E-state index contributed by atoms with van der Waals surface area (Å²) in [4.78, 5) is 14.1. The Balaban J connectivity index is 1.42. The Morgan fingerprint density at radius 2 is 1.96 bits per heavy atom. The highest BCUT2D eigenvalue weighted by Gasteiger charge is 2.35. The number of methoxy groups -OCH3 is 1. The molecule has 5 rings (SSSR count). The number of amidine groups is 1. The molecule has 124 valence electrons. The van der Waals surface area contributed by atoms with Gasteiger partial charge in [0.05, 0.1) is 25.4 Å².